The van der Waals surface area contributed by atoms with Crippen molar-refractivity contribution in [2.75, 3.05) is 0 Å². The number of hydrogen-bond acceptors (Lipinski definition) is 7. The molecule has 8 heteroatoms. The number of ether oxygens (including phenoxy) is 2. The van der Waals surface area contributed by atoms with E-state index in [0.717, 1.165) is 25.7 Å². The normalized spacial score (nSPS) is 48.0. The summed E-state index contributed by atoms with van der Waals surface area (Å²) in [6, 6.07) is 0. The number of allylic oxidation sites excluding steroid dienone is 1. The van der Waals surface area contributed by atoms with Crippen LogP contribution in [0.1, 0.15) is 46.5 Å². The first-order valence-corrected chi connectivity index (χ1v) is 10.3. The third kappa shape index (κ3) is 3.03. The van der Waals surface area contributed by atoms with Gasteiger partial charge in [-0.3, -0.25) is 0 Å². The summed E-state index contributed by atoms with van der Waals surface area (Å²) in [5.41, 5.74) is 0.826. The van der Waals surface area contributed by atoms with Crippen molar-refractivity contribution in [3.05, 3.63) is 11.6 Å². The van der Waals surface area contributed by atoms with E-state index in [1.165, 1.54) is 0 Å². The minimum absolute atomic E-state index is 0.0448. The molecule has 0 radical (unpaired) electrons. The molecule has 162 valence electrons. The highest BCUT2D eigenvalue weighted by Crippen LogP contribution is 2.70. The summed E-state index contributed by atoms with van der Waals surface area (Å²) in [4.78, 5) is 24.2. The molecule has 1 saturated heterocycles. The molecular weight excluding hydrogens is 380 g/mol. The van der Waals surface area contributed by atoms with Crippen molar-refractivity contribution in [1.29, 1.82) is 0 Å². The maximum Gasteiger partial charge on any atom is 0.336 e. The quantitative estimate of drug-likeness (QED) is 0.503. The number of aliphatic hydroxyl groups is 3. The van der Waals surface area contributed by atoms with Gasteiger partial charge < -0.3 is 29.9 Å². The number of hydrogen-bond donors (Lipinski definition) is 4. The van der Waals surface area contributed by atoms with Gasteiger partial charge in [-0.1, -0.05) is 26.8 Å². The van der Waals surface area contributed by atoms with Crippen LogP contribution in [0.4, 0.5) is 0 Å². The van der Waals surface area contributed by atoms with Crippen molar-refractivity contribution in [2.24, 2.45) is 28.6 Å². The van der Waals surface area contributed by atoms with Crippen molar-refractivity contribution in [3.8, 4) is 0 Å². The fraction of sp³-hybridized carbons (Fsp3) is 0.810. The van der Waals surface area contributed by atoms with E-state index in [1.807, 2.05) is 6.08 Å². The van der Waals surface area contributed by atoms with Gasteiger partial charge in [-0.15, -0.1) is 0 Å². The number of carbonyl (C=O) groups excluding carboxylic acids is 1. The molecule has 0 aromatic carbocycles. The number of carboxylic acids is 1. The van der Waals surface area contributed by atoms with Crippen molar-refractivity contribution in [2.45, 2.75) is 77.2 Å². The van der Waals surface area contributed by atoms with Crippen LogP contribution in [0.25, 0.3) is 0 Å². The molecule has 0 unspecified atom stereocenters. The van der Waals surface area contributed by atoms with E-state index in [4.69, 9.17) is 14.6 Å². The van der Waals surface area contributed by atoms with Gasteiger partial charge in [0.15, 0.2) is 6.10 Å². The summed E-state index contributed by atoms with van der Waals surface area (Å²) in [7, 11) is 0. The Hall–Kier alpha value is -1.48. The van der Waals surface area contributed by atoms with Crippen molar-refractivity contribution >= 4 is 11.9 Å². The second-order valence-electron chi connectivity index (χ2n) is 10.1. The van der Waals surface area contributed by atoms with Crippen LogP contribution in [0, 0.1) is 28.6 Å². The highest BCUT2D eigenvalue weighted by atomic mass is 16.7. The van der Waals surface area contributed by atoms with Gasteiger partial charge in [0.1, 0.15) is 18.3 Å². The minimum Gasteiger partial charge on any atom is -0.479 e. The van der Waals surface area contributed by atoms with Crippen LogP contribution in [-0.4, -0.2) is 63.1 Å². The fourth-order valence-corrected chi connectivity index (χ4v) is 6.56. The Morgan fingerprint density at radius 2 is 1.83 bits per heavy atom. The van der Waals surface area contributed by atoms with Gasteiger partial charge in [-0.05, 0) is 54.3 Å². The van der Waals surface area contributed by atoms with Crippen LogP contribution in [0.3, 0.4) is 0 Å². The van der Waals surface area contributed by atoms with E-state index in [1.54, 1.807) is 0 Å². The molecule has 4 aliphatic rings. The maximum absolute atomic E-state index is 13.0. The van der Waals surface area contributed by atoms with Gasteiger partial charge >= 0.3 is 11.9 Å². The lowest BCUT2D eigenvalue weighted by Crippen LogP contribution is -2.60. The van der Waals surface area contributed by atoms with Crippen LogP contribution >= 0.6 is 0 Å². The standard InChI is InChI=1S/C21H30O8/c1-9-4-5-12-11(6-10-7-20(2,3)8-21(9,10)12)18(27)29-19-15(24)13(22)14(23)16(28-19)17(25)26/h6,9-10,12-16,19,22-24H,4-5,7-8H2,1-3H3,(H,25,26)/t9-,10-,12+,13+,14+,15-,16+,19+,21-/m1/s1. The number of rotatable bonds is 3. The van der Waals surface area contributed by atoms with Gasteiger partial charge in [-0.25, -0.2) is 9.59 Å². The van der Waals surface area contributed by atoms with Crippen LogP contribution in [0.5, 0.6) is 0 Å². The summed E-state index contributed by atoms with van der Waals surface area (Å²) in [6.07, 6.45) is -2.82. The number of carbonyl (C=O) groups is 2. The fourth-order valence-electron chi connectivity index (χ4n) is 6.56. The first kappa shape index (κ1) is 20.8. The predicted molar refractivity (Wildman–Crippen MR) is 99.3 cm³/mol. The lowest BCUT2D eigenvalue weighted by molar-refractivity contribution is -0.285. The second kappa shape index (κ2) is 6.77. The largest absolute Gasteiger partial charge is 0.479 e. The SMILES string of the molecule is C[C@@H]1CC[C@H]2C(C(=O)O[C@@H]3O[C@H](C(=O)O)[C@@H](O)[C@H](O)[C@H]3O)=C[C@@H]3CC(C)(C)C[C@@]132. The Labute approximate surface area is 169 Å². The molecule has 0 aromatic heterocycles. The molecule has 3 fully saturated rings. The van der Waals surface area contributed by atoms with E-state index >= 15 is 0 Å². The first-order valence-electron chi connectivity index (χ1n) is 10.3. The average molecular weight is 410 g/mol. The summed E-state index contributed by atoms with van der Waals surface area (Å²) < 4.78 is 10.4. The molecule has 3 aliphatic carbocycles. The lowest BCUT2D eigenvalue weighted by Gasteiger charge is -2.39. The molecule has 29 heavy (non-hydrogen) atoms. The van der Waals surface area contributed by atoms with Crippen molar-refractivity contribution in [1.82, 2.24) is 0 Å². The van der Waals surface area contributed by atoms with Crippen molar-refractivity contribution in [3.63, 3.8) is 0 Å². The Morgan fingerprint density at radius 1 is 1.14 bits per heavy atom. The molecule has 9 atom stereocenters. The average Bonchev–Trinajstić information content (AvgIpc) is 3.19. The zero-order valence-electron chi connectivity index (χ0n) is 16.9. The Kier molecular flexibility index (Phi) is 4.85. The van der Waals surface area contributed by atoms with E-state index in [9.17, 15) is 24.9 Å². The van der Waals surface area contributed by atoms with Crippen LogP contribution in [-0.2, 0) is 19.1 Å². The number of aliphatic carboxylic acids is 1. The summed E-state index contributed by atoms with van der Waals surface area (Å²) in [5, 5.41) is 39.0. The molecule has 0 amide bonds. The number of esters is 1. The van der Waals surface area contributed by atoms with E-state index in [-0.39, 0.29) is 16.7 Å². The van der Waals surface area contributed by atoms with Crippen LogP contribution in [0.2, 0.25) is 0 Å². The molecule has 4 rings (SSSR count). The monoisotopic (exact) mass is 410 g/mol. The molecule has 0 aromatic rings. The summed E-state index contributed by atoms with van der Waals surface area (Å²) >= 11 is 0. The second-order valence-corrected chi connectivity index (χ2v) is 10.1. The molecular formula is C21H30O8. The molecule has 4 N–H and O–H groups in total. The molecule has 8 nitrogen and oxygen atoms in total. The Bertz CT molecular complexity index is 745. The van der Waals surface area contributed by atoms with Crippen LogP contribution in [0.15, 0.2) is 11.6 Å². The Morgan fingerprint density at radius 3 is 2.48 bits per heavy atom. The maximum atomic E-state index is 13.0. The molecule has 1 heterocycles. The molecule has 1 spiro atoms. The zero-order chi connectivity index (χ0) is 21.3. The van der Waals surface area contributed by atoms with Crippen LogP contribution < -0.4 is 0 Å². The van der Waals surface area contributed by atoms with Gasteiger partial charge in [0, 0.05) is 5.57 Å². The zero-order valence-corrected chi connectivity index (χ0v) is 16.9. The number of aliphatic hydroxyl groups excluding tert-OH is 3. The lowest BCUT2D eigenvalue weighted by atomic mass is 9.67. The minimum atomic E-state index is -1.82. The van der Waals surface area contributed by atoms with E-state index < -0.39 is 42.6 Å². The van der Waals surface area contributed by atoms with E-state index in [2.05, 4.69) is 20.8 Å². The summed E-state index contributed by atoms with van der Waals surface area (Å²) in [5.74, 6) is -1.30. The number of carboxylic acid groups (broad SMARTS) is 1. The smallest absolute Gasteiger partial charge is 0.336 e. The molecule has 1 aliphatic heterocycles. The van der Waals surface area contributed by atoms with Gasteiger partial charge in [0.25, 0.3) is 0 Å². The summed E-state index contributed by atoms with van der Waals surface area (Å²) in [6.45, 7) is 6.78. The first-order chi connectivity index (χ1) is 13.5. The van der Waals surface area contributed by atoms with E-state index in [0.29, 0.717) is 17.4 Å². The van der Waals surface area contributed by atoms with Gasteiger partial charge in [-0.2, -0.15) is 0 Å². The molecule has 0 bridgehead atoms. The molecule has 2 saturated carbocycles. The third-order valence-electron chi connectivity index (χ3n) is 7.73. The van der Waals surface area contributed by atoms with Gasteiger partial charge in [0.05, 0.1) is 0 Å². The predicted octanol–water partition coefficient (Wildman–Crippen LogP) is 0.830. The Balaban J connectivity index is 1.54. The van der Waals surface area contributed by atoms with Crippen molar-refractivity contribution < 1.29 is 39.5 Å². The third-order valence-corrected chi connectivity index (χ3v) is 7.73. The topological polar surface area (TPSA) is 134 Å². The van der Waals surface area contributed by atoms with Gasteiger partial charge in [0.2, 0.25) is 6.29 Å². The highest BCUT2D eigenvalue weighted by molar-refractivity contribution is 5.90. The highest BCUT2D eigenvalue weighted by Gasteiger charge is 2.64.